The summed E-state index contributed by atoms with van der Waals surface area (Å²) in [6.07, 6.45) is 0.527. The fourth-order valence-electron chi connectivity index (χ4n) is 1.56. The Morgan fingerprint density at radius 3 is 2.60 bits per heavy atom. The van der Waals surface area contributed by atoms with Crippen molar-refractivity contribution in [2.75, 3.05) is 19.6 Å². The number of carboxylic acid groups (broad SMARTS) is 1. The molecule has 15 heavy (non-hydrogen) atoms. The minimum atomic E-state index is -0.894. The summed E-state index contributed by atoms with van der Waals surface area (Å²) in [7, 11) is 0. The molecule has 1 heterocycles. The van der Waals surface area contributed by atoms with Gasteiger partial charge in [-0.2, -0.15) is 0 Å². The molecular weight excluding hydrogens is 202 g/mol. The van der Waals surface area contributed by atoms with E-state index >= 15 is 0 Å². The van der Waals surface area contributed by atoms with E-state index in [9.17, 15) is 14.4 Å². The molecule has 1 saturated heterocycles. The number of carboxylic acids is 1. The van der Waals surface area contributed by atoms with Crippen LogP contribution in [-0.4, -0.2) is 47.5 Å². The lowest BCUT2D eigenvalue weighted by Crippen LogP contribution is -2.41. The lowest BCUT2D eigenvalue weighted by molar-refractivity contribution is -0.141. The van der Waals surface area contributed by atoms with Gasteiger partial charge in [0.2, 0.25) is 5.91 Å². The highest BCUT2D eigenvalue weighted by Crippen LogP contribution is 2.15. The van der Waals surface area contributed by atoms with Gasteiger partial charge in [0.15, 0.2) is 0 Å². The molecule has 84 valence electrons. The molecular formula is C8H13N3O4. The number of nitrogens with two attached hydrogens (primary N) is 1. The molecule has 1 aliphatic rings. The summed E-state index contributed by atoms with van der Waals surface area (Å²) in [5, 5.41) is 10.6. The number of hydrogen-bond donors (Lipinski definition) is 3. The molecule has 7 heteroatoms. The quantitative estimate of drug-likeness (QED) is 0.535. The molecule has 1 aliphatic heterocycles. The molecule has 3 amide bonds. The normalized spacial score (nSPS) is 21.2. The number of aliphatic carboxylic acids is 1. The Hall–Kier alpha value is -1.63. The molecule has 0 bridgehead atoms. The lowest BCUT2D eigenvalue weighted by Gasteiger charge is -2.13. The van der Waals surface area contributed by atoms with Crippen molar-refractivity contribution in [3.8, 4) is 0 Å². The number of likely N-dealkylation sites (tertiary alicyclic amines) is 1. The number of primary amides is 1. The topological polar surface area (TPSA) is 113 Å². The maximum absolute atomic E-state index is 11.1. The largest absolute Gasteiger partial charge is 0.481 e. The van der Waals surface area contributed by atoms with Gasteiger partial charge in [-0.05, 0) is 13.0 Å². The van der Waals surface area contributed by atoms with E-state index in [1.165, 1.54) is 0 Å². The molecule has 0 spiro atoms. The Morgan fingerprint density at radius 1 is 1.47 bits per heavy atom. The average Bonchev–Trinajstić information content (AvgIpc) is 2.50. The van der Waals surface area contributed by atoms with Gasteiger partial charge in [-0.25, -0.2) is 4.79 Å². The number of carbonyl (C=O) groups is 3. The Labute approximate surface area is 86.2 Å². The van der Waals surface area contributed by atoms with Gasteiger partial charge in [-0.1, -0.05) is 0 Å². The van der Waals surface area contributed by atoms with Crippen LogP contribution in [0, 0.1) is 5.92 Å². The van der Waals surface area contributed by atoms with Gasteiger partial charge in [-0.3, -0.25) is 19.8 Å². The summed E-state index contributed by atoms with van der Waals surface area (Å²) in [5.74, 6) is -1.78. The zero-order chi connectivity index (χ0) is 11.4. The van der Waals surface area contributed by atoms with E-state index < -0.39 is 23.8 Å². The number of carbonyl (C=O) groups excluding carboxylic acids is 2. The van der Waals surface area contributed by atoms with E-state index in [1.54, 1.807) is 4.90 Å². The highest BCUT2D eigenvalue weighted by molar-refractivity contribution is 5.94. The van der Waals surface area contributed by atoms with Crippen LogP contribution in [0.3, 0.4) is 0 Å². The van der Waals surface area contributed by atoms with E-state index in [2.05, 4.69) is 0 Å². The predicted octanol–water partition coefficient (Wildman–Crippen LogP) is -1.41. The first kappa shape index (κ1) is 11.4. The number of imide groups is 1. The van der Waals surface area contributed by atoms with Gasteiger partial charge in [0.05, 0.1) is 12.5 Å². The van der Waals surface area contributed by atoms with Crippen LogP contribution >= 0.6 is 0 Å². The molecule has 0 saturated carbocycles. The first-order valence-corrected chi connectivity index (χ1v) is 4.53. The molecule has 1 fully saturated rings. The van der Waals surface area contributed by atoms with Crippen LogP contribution in [0.4, 0.5) is 4.79 Å². The summed E-state index contributed by atoms with van der Waals surface area (Å²) in [4.78, 5) is 33.7. The van der Waals surface area contributed by atoms with Crippen LogP contribution in [0.2, 0.25) is 0 Å². The predicted molar refractivity (Wildman–Crippen MR) is 49.9 cm³/mol. The standard InChI is InChI=1S/C8H13N3O4/c9-8(15)10-6(12)4-11-2-1-5(3-11)7(13)14/h5H,1-4H2,(H,13,14)(H3,9,10,12,15). The third kappa shape index (κ3) is 3.55. The van der Waals surface area contributed by atoms with Crippen molar-refractivity contribution in [3.63, 3.8) is 0 Å². The second-order valence-corrected chi connectivity index (χ2v) is 3.47. The Bertz CT molecular complexity index is 292. The smallest absolute Gasteiger partial charge is 0.318 e. The van der Waals surface area contributed by atoms with Crippen LogP contribution in [0.1, 0.15) is 6.42 Å². The van der Waals surface area contributed by atoms with Crippen molar-refractivity contribution in [2.24, 2.45) is 11.7 Å². The summed E-state index contributed by atoms with van der Waals surface area (Å²) in [6.45, 7) is 0.886. The number of urea groups is 1. The Kier molecular flexibility index (Phi) is 3.62. The molecule has 0 aliphatic carbocycles. The van der Waals surface area contributed by atoms with Gasteiger partial charge in [0, 0.05) is 6.54 Å². The minimum Gasteiger partial charge on any atom is -0.481 e. The fourth-order valence-corrected chi connectivity index (χ4v) is 1.56. The van der Waals surface area contributed by atoms with Crippen molar-refractivity contribution in [1.82, 2.24) is 10.2 Å². The van der Waals surface area contributed by atoms with Gasteiger partial charge in [0.25, 0.3) is 0 Å². The first-order chi connectivity index (χ1) is 6.99. The number of amides is 3. The summed E-state index contributed by atoms with van der Waals surface area (Å²) in [5.41, 5.74) is 4.76. The minimum absolute atomic E-state index is 0.00667. The number of rotatable bonds is 3. The second kappa shape index (κ2) is 4.74. The lowest BCUT2D eigenvalue weighted by atomic mass is 10.1. The van der Waals surface area contributed by atoms with Crippen molar-refractivity contribution < 1.29 is 19.5 Å². The maximum atomic E-state index is 11.1. The second-order valence-electron chi connectivity index (χ2n) is 3.47. The van der Waals surface area contributed by atoms with Crippen molar-refractivity contribution in [3.05, 3.63) is 0 Å². The van der Waals surface area contributed by atoms with Crippen molar-refractivity contribution in [1.29, 1.82) is 0 Å². The molecule has 0 aromatic carbocycles. The molecule has 7 nitrogen and oxygen atoms in total. The molecule has 4 N–H and O–H groups in total. The van der Waals surface area contributed by atoms with E-state index in [0.29, 0.717) is 19.5 Å². The van der Waals surface area contributed by atoms with Crippen LogP contribution in [0.15, 0.2) is 0 Å². The van der Waals surface area contributed by atoms with Crippen molar-refractivity contribution >= 4 is 17.9 Å². The van der Waals surface area contributed by atoms with Crippen LogP contribution in [0.25, 0.3) is 0 Å². The highest BCUT2D eigenvalue weighted by Gasteiger charge is 2.28. The summed E-state index contributed by atoms with van der Waals surface area (Å²) in [6, 6.07) is -0.894. The van der Waals surface area contributed by atoms with E-state index in [-0.39, 0.29) is 6.54 Å². The van der Waals surface area contributed by atoms with Gasteiger partial charge >= 0.3 is 12.0 Å². The van der Waals surface area contributed by atoms with Gasteiger partial charge in [0.1, 0.15) is 0 Å². The zero-order valence-electron chi connectivity index (χ0n) is 8.10. The van der Waals surface area contributed by atoms with E-state index in [1.807, 2.05) is 5.32 Å². The monoisotopic (exact) mass is 215 g/mol. The molecule has 1 atom stereocenters. The Morgan fingerprint density at radius 2 is 2.13 bits per heavy atom. The fraction of sp³-hybridized carbons (Fsp3) is 0.625. The van der Waals surface area contributed by atoms with Gasteiger partial charge < -0.3 is 10.8 Å². The molecule has 1 rings (SSSR count). The molecule has 0 aromatic rings. The third-order valence-electron chi connectivity index (χ3n) is 2.25. The summed E-state index contributed by atoms with van der Waals surface area (Å²) < 4.78 is 0. The summed E-state index contributed by atoms with van der Waals surface area (Å²) >= 11 is 0. The van der Waals surface area contributed by atoms with Gasteiger partial charge in [-0.15, -0.1) is 0 Å². The number of hydrogen-bond acceptors (Lipinski definition) is 4. The molecule has 0 aromatic heterocycles. The SMILES string of the molecule is NC(=O)NC(=O)CN1CCC(C(=O)O)C1. The molecule has 0 radical (unpaired) electrons. The maximum Gasteiger partial charge on any atom is 0.318 e. The van der Waals surface area contributed by atoms with E-state index in [4.69, 9.17) is 10.8 Å². The first-order valence-electron chi connectivity index (χ1n) is 4.53. The van der Waals surface area contributed by atoms with Crippen molar-refractivity contribution in [2.45, 2.75) is 6.42 Å². The average molecular weight is 215 g/mol. The van der Waals surface area contributed by atoms with Crippen LogP contribution in [-0.2, 0) is 9.59 Å². The number of nitrogens with one attached hydrogen (secondary N) is 1. The highest BCUT2D eigenvalue weighted by atomic mass is 16.4. The third-order valence-corrected chi connectivity index (χ3v) is 2.25. The van der Waals surface area contributed by atoms with E-state index in [0.717, 1.165) is 0 Å². The zero-order valence-corrected chi connectivity index (χ0v) is 8.10. The van der Waals surface area contributed by atoms with Crippen LogP contribution < -0.4 is 11.1 Å². The Balaban J connectivity index is 2.33. The van der Waals surface area contributed by atoms with Crippen LogP contribution in [0.5, 0.6) is 0 Å². The number of nitrogens with zero attached hydrogens (tertiary/aromatic N) is 1. The molecule has 1 unspecified atom stereocenters.